The van der Waals surface area contributed by atoms with Crippen molar-refractivity contribution in [3.8, 4) is 0 Å². The molecule has 0 radical (unpaired) electrons. The molecular weight excluding hydrogens is 180 g/mol. The van der Waals surface area contributed by atoms with E-state index in [4.69, 9.17) is 4.74 Å². The van der Waals surface area contributed by atoms with Gasteiger partial charge >= 0.3 is 5.97 Å². The number of cyclic esters (lactones) is 1. The van der Waals surface area contributed by atoms with Crippen LogP contribution in [0.4, 0.5) is 0 Å². The molecule has 0 spiro atoms. The van der Waals surface area contributed by atoms with Crippen LogP contribution in [0.1, 0.15) is 35.6 Å². The summed E-state index contributed by atoms with van der Waals surface area (Å²) in [4.78, 5) is 11.7. The van der Waals surface area contributed by atoms with Gasteiger partial charge in [-0.1, -0.05) is 0 Å². The van der Waals surface area contributed by atoms with Crippen LogP contribution in [0, 0.1) is 6.92 Å². The van der Waals surface area contributed by atoms with Crippen LogP contribution in [0.2, 0.25) is 0 Å². The molecule has 76 valence electrons. The summed E-state index contributed by atoms with van der Waals surface area (Å²) in [6, 6.07) is 0. The number of ether oxygens (including phenoxy) is 1. The van der Waals surface area contributed by atoms with Gasteiger partial charge in [0.25, 0.3) is 0 Å². The SMILES string of the molecule is Cc1c2c(nn1C)CC(C)(C)OC2=O. The maximum atomic E-state index is 11.7. The minimum absolute atomic E-state index is 0.248. The lowest BCUT2D eigenvalue weighted by atomic mass is 9.96. The third-order valence-electron chi connectivity index (χ3n) is 2.57. The van der Waals surface area contributed by atoms with Crippen LogP contribution in [-0.2, 0) is 18.2 Å². The van der Waals surface area contributed by atoms with E-state index < -0.39 is 5.60 Å². The van der Waals surface area contributed by atoms with Gasteiger partial charge in [0.15, 0.2) is 0 Å². The van der Waals surface area contributed by atoms with Crippen molar-refractivity contribution < 1.29 is 9.53 Å². The highest BCUT2D eigenvalue weighted by atomic mass is 16.6. The van der Waals surface area contributed by atoms with Crippen LogP contribution in [0.25, 0.3) is 0 Å². The monoisotopic (exact) mass is 194 g/mol. The van der Waals surface area contributed by atoms with E-state index in [1.165, 1.54) is 0 Å². The zero-order valence-electron chi connectivity index (χ0n) is 8.92. The lowest BCUT2D eigenvalue weighted by molar-refractivity contribution is -0.00693. The molecule has 0 aliphatic carbocycles. The molecule has 0 amide bonds. The van der Waals surface area contributed by atoms with E-state index in [1.807, 2.05) is 27.8 Å². The number of hydrogen-bond acceptors (Lipinski definition) is 3. The van der Waals surface area contributed by atoms with Gasteiger partial charge in [0.05, 0.1) is 5.69 Å². The van der Waals surface area contributed by atoms with Crippen molar-refractivity contribution in [2.75, 3.05) is 0 Å². The molecule has 1 aromatic heterocycles. The zero-order chi connectivity index (χ0) is 10.5. The van der Waals surface area contributed by atoms with E-state index in [1.54, 1.807) is 4.68 Å². The predicted molar refractivity (Wildman–Crippen MR) is 51.1 cm³/mol. The highest BCUT2D eigenvalue weighted by Crippen LogP contribution is 2.28. The van der Waals surface area contributed by atoms with E-state index in [2.05, 4.69) is 5.10 Å². The smallest absolute Gasteiger partial charge is 0.342 e. The van der Waals surface area contributed by atoms with Gasteiger partial charge in [0, 0.05) is 19.2 Å². The van der Waals surface area contributed by atoms with Crippen LogP contribution in [0.15, 0.2) is 0 Å². The Hall–Kier alpha value is -1.32. The van der Waals surface area contributed by atoms with Gasteiger partial charge in [-0.15, -0.1) is 0 Å². The third kappa shape index (κ3) is 1.22. The highest BCUT2D eigenvalue weighted by molar-refractivity contribution is 5.93. The molecular formula is C10H14N2O2. The van der Waals surface area contributed by atoms with Gasteiger partial charge < -0.3 is 4.74 Å². The molecule has 0 fully saturated rings. The molecule has 1 aliphatic rings. The maximum Gasteiger partial charge on any atom is 0.342 e. The molecule has 2 heterocycles. The van der Waals surface area contributed by atoms with E-state index in [-0.39, 0.29) is 5.97 Å². The van der Waals surface area contributed by atoms with Crippen LogP contribution >= 0.6 is 0 Å². The number of hydrogen-bond donors (Lipinski definition) is 0. The Morgan fingerprint density at radius 2 is 2.14 bits per heavy atom. The van der Waals surface area contributed by atoms with E-state index in [0.29, 0.717) is 12.0 Å². The Morgan fingerprint density at radius 3 is 2.79 bits per heavy atom. The van der Waals surface area contributed by atoms with Gasteiger partial charge in [-0.3, -0.25) is 4.68 Å². The minimum atomic E-state index is -0.426. The quantitative estimate of drug-likeness (QED) is 0.583. The second kappa shape index (κ2) is 2.59. The first-order valence-electron chi connectivity index (χ1n) is 4.66. The summed E-state index contributed by atoms with van der Waals surface area (Å²) < 4.78 is 7.03. The Balaban J connectivity index is 2.56. The number of nitrogens with zero attached hydrogens (tertiary/aromatic N) is 2. The van der Waals surface area contributed by atoms with E-state index >= 15 is 0 Å². The maximum absolute atomic E-state index is 11.7. The normalized spacial score (nSPS) is 19.0. The van der Waals surface area contributed by atoms with Crippen molar-refractivity contribution >= 4 is 5.97 Å². The molecule has 1 aromatic rings. The summed E-state index contributed by atoms with van der Waals surface area (Å²) in [6.45, 7) is 5.68. The molecule has 0 bridgehead atoms. The van der Waals surface area contributed by atoms with Crippen LogP contribution in [0.3, 0.4) is 0 Å². The number of carbonyl (C=O) groups excluding carboxylic acids is 1. The number of rotatable bonds is 0. The Kier molecular flexibility index (Phi) is 1.71. The summed E-state index contributed by atoms with van der Waals surface area (Å²) >= 11 is 0. The Morgan fingerprint density at radius 1 is 1.50 bits per heavy atom. The number of aromatic nitrogens is 2. The average molecular weight is 194 g/mol. The van der Waals surface area contributed by atoms with Crippen molar-refractivity contribution in [1.82, 2.24) is 9.78 Å². The lowest BCUT2D eigenvalue weighted by Crippen LogP contribution is -2.35. The molecule has 1 aliphatic heterocycles. The van der Waals surface area contributed by atoms with Gasteiger partial charge in [0.1, 0.15) is 11.2 Å². The van der Waals surface area contributed by atoms with Crippen molar-refractivity contribution in [2.24, 2.45) is 7.05 Å². The molecule has 14 heavy (non-hydrogen) atoms. The van der Waals surface area contributed by atoms with Gasteiger partial charge in [0.2, 0.25) is 0 Å². The van der Waals surface area contributed by atoms with Crippen LogP contribution < -0.4 is 0 Å². The molecule has 0 aromatic carbocycles. The van der Waals surface area contributed by atoms with Crippen molar-refractivity contribution in [2.45, 2.75) is 32.8 Å². The Bertz CT molecular complexity index is 404. The fraction of sp³-hybridized carbons (Fsp3) is 0.600. The molecule has 0 atom stereocenters. The largest absolute Gasteiger partial charge is 0.456 e. The summed E-state index contributed by atoms with van der Waals surface area (Å²) in [5.41, 5.74) is 1.95. The zero-order valence-corrected chi connectivity index (χ0v) is 8.92. The van der Waals surface area contributed by atoms with Crippen molar-refractivity contribution in [1.29, 1.82) is 0 Å². The van der Waals surface area contributed by atoms with Crippen molar-refractivity contribution in [3.05, 3.63) is 17.0 Å². The molecule has 2 rings (SSSR count). The first-order chi connectivity index (χ1) is 6.41. The fourth-order valence-electron chi connectivity index (χ4n) is 1.81. The van der Waals surface area contributed by atoms with Crippen molar-refractivity contribution in [3.63, 3.8) is 0 Å². The fourth-order valence-corrected chi connectivity index (χ4v) is 1.81. The first-order valence-corrected chi connectivity index (χ1v) is 4.66. The highest BCUT2D eigenvalue weighted by Gasteiger charge is 2.36. The second-order valence-corrected chi connectivity index (χ2v) is 4.36. The first kappa shape index (κ1) is 9.24. The topological polar surface area (TPSA) is 44.1 Å². The summed E-state index contributed by atoms with van der Waals surface area (Å²) in [5, 5.41) is 4.31. The Labute approximate surface area is 82.9 Å². The standard InChI is InChI=1S/C10H14N2O2/c1-6-8-7(11-12(6)4)5-10(2,3)14-9(8)13/h5H2,1-4H3. The summed E-state index contributed by atoms with van der Waals surface area (Å²) in [6.07, 6.45) is 0.690. The number of fused-ring (bicyclic) bond motifs is 1. The molecule has 0 saturated heterocycles. The van der Waals surface area contributed by atoms with E-state index in [9.17, 15) is 4.79 Å². The molecule has 4 heteroatoms. The number of carbonyl (C=O) groups is 1. The minimum Gasteiger partial charge on any atom is -0.456 e. The molecule has 0 saturated carbocycles. The molecule has 4 nitrogen and oxygen atoms in total. The number of esters is 1. The molecule has 0 unspecified atom stereocenters. The van der Waals surface area contributed by atoms with Crippen LogP contribution in [-0.4, -0.2) is 21.4 Å². The van der Waals surface area contributed by atoms with Gasteiger partial charge in [-0.2, -0.15) is 5.10 Å². The van der Waals surface area contributed by atoms with Crippen LogP contribution in [0.5, 0.6) is 0 Å². The predicted octanol–water partition coefficient (Wildman–Crippen LogP) is 1.22. The van der Waals surface area contributed by atoms with Gasteiger partial charge in [-0.05, 0) is 20.8 Å². The lowest BCUT2D eigenvalue weighted by Gasteiger charge is -2.28. The van der Waals surface area contributed by atoms with Gasteiger partial charge in [-0.25, -0.2) is 4.79 Å². The number of aryl methyl sites for hydroxylation is 1. The second-order valence-electron chi connectivity index (χ2n) is 4.36. The third-order valence-corrected chi connectivity index (χ3v) is 2.57. The molecule has 0 N–H and O–H groups in total. The van der Waals surface area contributed by atoms with E-state index in [0.717, 1.165) is 11.4 Å². The summed E-state index contributed by atoms with van der Waals surface area (Å²) in [5.74, 6) is -0.248. The average Bonchev–Trinajstić information content (AvgIpc) is 2.24. The summed E-state index contributed by atoms with van der Waals surface area (Å²) in [7, 11) is 1.84.